The highest BCUT2D eigenvalue weighted by Gasteiger charge is 2.23. The fourth-order valence-electron chi connectivity index (χ4n) is 6.84. The fraction of sp³-hybridized carbons (Fsp3) is 0.0476. The third-order valence-corrected chi connectivity index (χ3v) is 16.5. The number of nitrogens with zero attached hydrogens (tertiary/aromatic N) is 6. The van der Waals surface area contributed by atoms with Crippen molar-refractivity contribution in [2.45, 2.75) is 23.6 Å². The van der Waals surface area contributed by atoms with E-state index in [0.717, 1.165) is 52.7 Å². The van der Waals surface area contributed by atoms with Crippen LogP contribution in [0.25, 0.3) is 83.2 Å². The maximum atomic E-state index is 12.1. The SMILES string of the molecule is Cc1ccc2nc(-c3ccc4nc(-c5ccc(N=Nc6ccc(-c7nc8ccc(-c9nc%10ccc(C)c(S(=O)(=O)O)c%10s9)cc8s7)cc6)cc5)sc4c3)sc2c1S(=O)(=O)O. The minimum absolute atomic E-state index is 0.105. The summed E-state index contributed by atoms with van der Waals surface area (Å²) in [6.07, 6.45) is 0. The molecule has 0 aliphatic rings. The molecule has 296 valence electrons. The second kappa shape index (κ2) is 14.5. The lowest BCUT2D eigenvalue weighted by Gasteiger charge is -2.02. The summed E-state index contributed by atoms with van der Waals surface area (Å²) < 4.78 is 70.9. The van der Waals surface area contributed by atoms with E-state index in [9.17, 15) is 25.9 Å². The van der Waals surface area contributed by atoms with Crippen LogP contribution < -0.4 is 0 Å². The second-order valence-electron chi connectivity index (χ2n) is 13.8. The van der Waals surface area contributed by atoms with Crippen LogP contribution in [-0.2, 0) is 20.2 Å². The van der Waals surface area contributed by atoms with Crippen molar-refractivity contribution in [3.05, 3.63) is 120 Å². The van der Waals surface area contributed by atoms with Crippen LogP contribution in [0.3, 0.4) is 0 Å². The summed E-state index contributed by atoms with van der Waals surface area (Å²) in [5.74, 6) is 0. The average Bonchev–Trinajstić information content (AvgIpc) is 4.03. The van der Waals surface area contributed by atoms with E-state index in [4.69, 9.17) is 9.97 Å². The second-order valence-corrected chi connectivity index (χ2v) is 20.6. The van der Waals surface area contributed by atoms with E-state index in [0.29, 0.717) is 53.0 Å². The van der Waals surface area contributed by atoms with E-state index in [1.165, 1.54) is 45.3 Å². The molecule has 0 spiro atoms. The molecule has 0 atom stereocenters. The predicted octanol–water partition coefficient (Wildman–Crippen LogP) is 12.3. The van der Waals surface area contributed by atoms with Gasteiger partial charge in [0.1, 0.15) is 29.8 Å². The highest BCUT2D eigenvalue weighted by molar-refractivity contribution is 7.86. The van der Waals surface area contributed by atoms with Gasteiger partial charge < -0.3 is 0 Å². The number of hydrogen-bond donors (Lipinski definition) is 2. The zero-order valence-electron chi connectivity index (χ0n) is 31.1. The van der Waals surface area contributed by atoms with Gasteiger partial charge >= 0.3 is 0 Å². The molecule has 10 aromatic rings. The number of hydrogen-bond acceptors (Lipinski definition) is 14. The molecule has 0 aliphatic heterocycles. The minimum Gasteiger partial charge on any atom is -0.282 e. The van der Waals surface area contributed by atoms with E-state index in [2.05, 4.69) is 20.2 Å². The fourth-order valence-corrected chi connectivity index (χ4v) is 13.5. The summed E-state index contributed by atoms with van der Waals surface area (Å²) in [5, 5.41) is 11.8. The number of benzene rings is 6. The largest absolute Gasteiger partial charge is 0.296 e. The Balaban J connectivity index is 0.838. The molecule has 4 aromatic heterocycles. The Kier molecular flexibility index (Phi) is 9.30. The molecule has 0 saturated heterocycles. The molecule has 12 nitrogen and oxygen atoms in total. The quantitative estimate of drug-likeness (QED) is 0.110. The Morgan fingerprint density at radius 1 is 0.433 bits per heavy atom. The van der Waals surface area contributed by atoms with Crippen LogP contribution in [0.1, 0.15) is 11.1 Å². The van der Waals surface area contributed by atoms with Crippen LogP contribution >= 0.6 is 45.3 Å². The summed E-state index contributed by atoms with van der Waals surface area (Å²) in [7, 11) is -8.82. The summed E-state index contributed by atoms with van der Waals surface area (Å²) in [5.41, 5.74) is 8.49. The molecule has 0 amide bonds. The molecule has 10 rings (SSSR count). The summed E-state index contributed by atoms with van der Waals surface area (Å²) in [6.45, 7) is 3.30. The Bertz CT molecular complexity index is 3390. The highest BCUT2D eigenvalue weighted by Crippen LogP contribution is 2.41. The standard InChI is InChI=1S/C42H26N6O6S6/c1-21-3-15-31-35(37(21)59(49,50)51)57-41(45-31)25-9-17-29-33(19-25)55-39(43-29)23-5-11-27(12-6-23)47-48-28-13-7-24(8-14-28)40-44-30-18-10-26(20-34(30)56-40)42-46-32-16-4-22(2)38(36(32)58-42)60(52,53)54/h3-20H,1-2H3,(H,49,50,51)(H,52,53,54). The lowest BCUT2D eigenvalue weighted by molar-refractivity contribution is 0.481. The number of thiazole rings is 4. The van der Waals surface area contributed by atoms with Crippen molar-refractivity contribution >= 4 is 118 Å². The number of rotatable bonds is 8. The van der Waals surface area contributed by atoms with Gasteiger partial charge in [-0.05, 0) is 122 Å². The molecular weight excluding hydrogens is 877 g/mol. The number of aromatic nitrogens is 4. The molecule has 0 radical (unpaired) electrons. The van der Waals surface area contributed by atoms with Gasteiger partial charge in [-0.15, -0.1) is 45.3 Å². The van der Waals surface area contributed by atoms with Gasteiger partial charge in [0.05, 0.1) is 52.2 Å². The third kappa shape index (κ3) is 7.09. The van der Waals surface area contributed by atoms with Crippen molar-refractivity contribution in [2.24, 2.45) is 10.2 Å². The Morgan fingerprint density at radius 3 is 1.15 bits per heavy atom. The molecule has 18 heteroatoms. The maximum Gasteiger partial charge on any atom is 0.296 e. The molecule has 0 fully saturated rings. The van der Waals surface area contributed by atoms with E-state index in [1.54, 1.807) is 38.1 Å². The zero-order valence-corrected chi connectivity index (χ0v) is 36.0. The van der Waals surface area contributed by atoms with Crippen LogP contribution in [0.15, 0.2) is 129 Å². The van der Waals surface area contributed by atoms with Crippen molar-refractivity contribution in [2.75, 3.05) is 0 Å². The number of aryl methyl sites for hydroxylation is 2. The van der Waals surface area contributed by atoms with E-state index in [1.807, 2.05) is 84.9 Å². The lowest BCUT2D eigenvalue weighted by atomic mass is 10.2. The molecule has 4 heterocycles. The maximum absolute atomic E-state index is 12.1. The van der Waals surface area contributed by atoms with Gasteiger partial charge in [-0.2, -0.15) is 27.1 Å². The number of fused-ring (bicyclic) bond motifs is 4. The molecule has 60 heavy (non-hydrogen) atoms. The van der Waals surface area contributed by atoms with Crippen molar-refractivity contribution in [3.63, 3.8) is 0 Å². The van der Waals surface area contributed by atoms with E-state index >= 15 is 0 Å². The first-order chi connectivity index (χ1) is 28.7. The molecule has 0 aliphatic carbocycles. The van der Waals surface area contributed by atoms with Crippen LogP contribution in [0, 0.1) is 13.8 Å². The van der Waals surface area contributed by atoms with Gasteiger partial charge in [0.15, 0.2) is 0 Å². The van der Waals surface area contributed by atoms with Gasteiger partial charge in [0, 0.05) is 22.3 Å². The van der Waals surface area contributed by atoms with Crippen molar-refractivity contribution in [1.82, 2.24) is 19.9 Å². The topological polar surface area (TPSA) is 185 Å². The minimum atomic E-state index is -4.41. The molecule has 2 N–H and O–H groups in total. The van der Waals surface area contributed by atoms with Gasteiger partial charge in [0.2, 0.25) is 0 Å². The lowest BCUT2D eigenvalue weighted by Crippen LogP contribution is -2.00. The first-order valence-corrected chi connectivity index (χ1v) is 24.1. The van der Waals surface area contributed by atoms with E-state index < -0.39 is 20.2 Å². The highest BCUT2D eigenvalue weighted by atomic mass is 32.2. The molecule has 0 bridgehead atoms. The Hall–Kier alpha value is -5.70. The van der Waals surface area contributed by atoms with Crippen LogP contribution in [-0.4, -0.2) is 45.9 Å². The molecule has 0 unspecified atom stereocenters. The van der Waals surface area contributed by atoms with Crippen LogP contribution in [0.5, 0.6) is 0 Å². The number of azo groups is 1. The van der Waals surface area contributed by atoms with Crippen LogP contribution in [0.2, 0.25) is 0 Å². The van der Waals surface area contributed by atoms with Gasteiger partial charge in [-0.3, -0.25) is 9.11 Å². The van der Waals surface area contributed by atoms with Crippen LogP contribution in [0.4, 0.5) is 11.4 Å². The first kappa shape index (κ1) is 38.5. The molecular formula is C42H26N6O6S6. The van der Waals surface area contributed by atoms with E-state index in [-0.39, 0.29) is 9.79 Å². The third-order valence-electron chi connectivity index (χ3n) is 9.71. The summed E-state index contributed by atoms with van der Waals surface area (Å²) in [4.78, 5) is 18.8. The van der Waals surface area contributed by atoms with Crippen molar-refractivity contribution in [3.8, 4) is 42.3 Å². The monoisotopic (exact) mass is 902 g/mol. The van der Waals surface area contributed by atoms with Gasteiger partial charge in [-0.1, -0.05) is 12.1 Å². The smallest absolute Gasteiger partial charge is 0.282 e. The molecule has 0 saturated carbocycles. The van der Waals surface area contributed by atoms with Gasteiger partial charge in [-0.25, -0.2) is 19.9 Å². The average molecular weight is 903 g/mol. The zero-order chi connectivity index (χ0) is 41.5. The van der Waals surface area contributed by atoms with Gasteiger partial charge in [0.25, 0.3) is 20.2 Å². The first-order valence-electron chi connectivity index (χ1n) is 17.9. The predicted molar refractivity (Wildman–Crippen MR) is 241 cm³/mol. The van der Waals surface area contributed by atoms with Crippen molar-refractivity contribution < 1.29 is 25.9 Å². The molecule has 6 aromatic carbocycles. The summed E-state index contributed by atoms with van der Waals surface area (Å²) >= 11 is 5.53. The normalized spacial score (nSPS) is 12.5. The summed E-state index contributed by atoms with van der Waals surface area (Å²) in [6, 6.07) is 33.8. The Labute approximate surface area is 357 Å². The Morgan fingerprint density at radius 2 is 0.767 bits per heavy atom. The van der Waals surface area contributed by atoms with Crippen molar-refractivity contribution in [1.29, 1.82) is 0 Å².